The zero-order valence-corrected chi connectivity index (χ0v) is 14.0. The van der Waals surface area contributed by atoms with Crippen LogP contribution in [0.5, 0.6) is 11.5 Å². The van der Waals surface area contributed by atoms with E-state index in [0.717, 1.165) is 6.42 Å². The highest BCUT2D eigenvalue weighted by molar-refractivity contribution is 5.75. The molecule has 130 valence electrons. The van der Waals surface area contributed by atoms with E-state index in [1.165, 1.54) is 21.8 Å². The van der Waals surface area contributed by atoms with Crippen molar-refractivity contribution >= 4 is 17.0 Å². The van der Waals surface area contributed by atoms with E-state index >= 15 is 0 Å². The monoisotopic (exact) mass is 342 g/mol. The largest absolute Gasteiger partial charge is 0.494 e. The average Bonchev–Trinajstić information content (AvgIpc) is 2.98. The first-order valence-corrected chi connectivity index (χ1v) is 7.89. The van der Waals surface area contributed by atoms with Crippen LogP contribution in [-0.2, 0) is 18.4 Å². The maximum atomic E-state index is 12.3. The summed E-state index contributed by atoms with van der Waals surface area (Å²) in [6, 6.07) is 6.75. The Balaban J connectivity index is 1.68. The van der Waals surface area contributed by atoms with E-state index < -0.39 is 5.97 Å². The van der Waals surface area contributed by atoms with E-state index in [-0.39, 0.29) is 12.1 Å². The summed E-state index contributed by atoms with van der Waals surface area (Å²) in [4.78, 5) is 28.5. The molecule has 1 aromatic carbocycles. The molecule has 0 aliphatic rings. The molecule has 0 atom stereocenters. The second-order valence-corrected chi connectivity index (χ2v) is 5.48. The van der Waals surface area contributed by atoms with Gasteiger partial charge in [-0.2, -0.15) is 5.10 Å². The molecule has 3 aromatic rings. The molecular formula is C17H18N4O4. The third-order valence-corrected chi connectivity index (χ3v) is 3.55. The number of nitrogens with zero attached hydrogens (tertiary/aromatic N) is 4. The molecule has 0 aliphatic heterocycles. The molecule has 0 saturated carbocycles. The lowest BCUT2D eigenvalue weighted by Gasteiger charge is -2.08. The van der Waals surface area contributed by atoms with Crippen molar-refractivity contribution < 1.29 is 14.3 Å². The summed E-state index contributed by atoms with van der Waals surface area (Å²) in [5.74, 6) is 0.538. The smallest absolute Gasteiger partial charge is 0.331 e. The van der Waals surface area contributed by atoms with Crippen LogP contribution in [0.15, 0.2) is 41.6 Å². The van der Waals surface area contributed by atoms with Crippen LogP contribution in [0.4, 0.5) is 0 Å². The van der Waals surface area contributed by atoms with Crippen molar-refractivity contribution in [3.05, 3.63) is 47.1 Å². The zero-order chi connectivity index (χ0) is 17.8. The van der Waals surface area contributed by atoms with Gasteiger partial charge in [0.05, 0.1) is 12.8 Å². The Kier molecular flexibility index (Phi) is 4.78. The lowest BCUT2D eigenvalue weighted by Crippen LogP contribution is -2.26. The SMILES string of the molecule is CCCOc1ccc(OC(=O)Cn2cnc3c(cnn3C)c2=O)cc1. The van der Waals surface area contributed by atoms with Gasteiger partial charge in [-0.3, -0.25) is 14.0 Å². The average molecular weight is 342 g/mol. The predicted octanol–water partition coefficient (Wildman–Crippen LogP) is 1.52. The fourth-order valence-electron chi connectivity index (χ4n) is 2.31. The van der Waals surface area contributed by atoms with Crippen molar-refractivity contribution in [2.75, 3.05) is 6.61 Å². The van der Waals surface area contributed by atoms with Gasteiger partial charge in [0.15, 0.2) is 5.65 Å². The normalized spacial score (nSPS) is 10.8. The fourth-order valence-corrected chi connectivity index (χ4v) is 2.31. The maximum Gasteiger partial charge on any atom is 0.331 e. The highest BCUT2D eigenvalue weighted by Gasteiger charge is 2.12. The Labute approximate surface area is 143 Å². The topological polar surface area (TPSA) is 88.2 Å². The molecule has 3 rings (SSSR count). The number of hydrogen-bond donors (Lipinski definition) is 0. The summed E-state index contributed by atoms with van der Waals surface area (Å²) in [7, 11) is 1.70. The quantitative estimate of drug-likeness (QED) is 0.498. The molecule has 0 unspecified atom stereocenters. The molecule has 2 aromatic heterocycles. The van der Waals surface area contributed by atoms with E-state index in [9.17, 15) is 9.59 Å². The number of carbonyl (C=O) groups is 1. The van der Waals surface area contributed by atoms with E-state index in [2.05, 4.69) is 10.1 Å². The standard InChI is InChI=1S/C17H18N4O4/c1-3-8-24-12-4-6-13(7-5-12)25-15(22)10-21-11-18-16-14(17(21)23)9-19-20(16)2/h4-7,9,11H,3,8,10H2,1-2H3. The van der Waals surface area contributed by atoms with E-state index in [1.807, 2.05) is 6.92 Å². The third kappa shape index (κ3) is 3.68. The van der Waals surface area contributed by atoms with Gasteiger partial charge in [-0.25, -0.2) is 9.78 Å². The number of hydrogen-bond acceptors (Lipinski definition) is 6. The number of aryl methyl sites for hydroxylation is 1. The Morgan fingerprint density at radius 1 is 1.20 bits per heavy atom. The molecule has 0 bridgehead atoms. The number of rotatable bonds is 6. The van der Waals surface area contributed by atoms with Crippen molar-refractivity contribution in [3.8, 4) is 11.5 Å². The van der Waals surface area contributed by atoms with E-state index in [0.29, 0.717) is 29.1 Å². The van der Waals surface area contributed by atoms with Gasteiger partial charge in [0.25, 0.3) is 5.56 Å². The van der Waals surface area contributed by atoms with Gasteiger partial charge in [-0.15, -0.1) is 0 Å². The zero-order valence-electron chi connectivity index (χ0n) is 14.0. The first kappa shape index (κ1) is 16.7. The van der Waals surface area contributed by atoms with Crippen molar-refractivity contribution in [2.24, 2.45) is 7.05 Å². The Hall–Kier alpha value is -3.16. The maximum absolute atomic E-state index is 12.3. The Bertz CT molecular complexity index is 943. The number of esters is 1. The molecule has 0 aliphatic carbocycles. The lowest BCUT2D eigenvalue weighted by molar-refractivity contribution is -0.135. The molecular weight excluding hydrogens is 324 g/mol. The number of carbonyl (C=O) groups excluding carboxylic acids is 1. The molecule has 8 nitrogen and oxygen atoms in total. The summed E-state index contributed by atoms with van der Waals surface area (Å²) in [5, 5.41) is 4.34. The third-order valence-electron chi connectivity index (χ3n) is 3.55. The minimum absolute atomic E-state index is 0.231. The van der Waals surface area contributed by atoms with Crippen LogP contribution >= 0.6 is 0 Å². The van der Waals surface area contributed by atoms with Crippen LogP contribution in [0.25, 0.3) is 11.0 Å². The minimum atomic E-state index is -0.561. The summed E-state index contributed by atoms with van der Waals surface area (Å²) >= 11 is 0. The Morgan fingerprint density at radius 3 is 2.64 bits per heavy atom. The predicted molar refractivity (Wildman–Crippen MR) is 90.6 cm³/mol. The number of ether oxygens (including phenoxy) is 2. The van der Waals surface area contributed by atoms with Crippen LogP contribution < -0.4 is 15.0 Å². The van der Waals surface area contributed by atoms with Gasteiger partial charge in [0.2, 0.25) is 0 Å². The first-order valence-electron chi connectivity index (χ1n) is 7.89. The van der Waals surface area contributed by atoms with Gasteiger partial charge in [0.1, 0.15) is 29.8 Å². The molecule has 0 spiro atoms. The second-order valence-electron chi connectivity index (χ2n) is 5.48. The molecule has 8 heteroatoms. The van der Waals surface area contributed by atoms with E-state index in [4.69, 9.17) is 9.47 Å². The van der Waals surface area contributed by atoms with Gasteiger partial charge >= 0.3 is 5.97 Å². The van der Waals surface area contributed by atoms with Crippen LogP contribution in [-0.4, -0.2) is 31.9 Å². The van der Waals surface area contributed by atoms with Crippen molar-refractivity contribution in [3.63, 3.8) is 0 Å². The van der Waals surface area contributed by atoms with Crippen LogP contribution in [0.2, 0.25) is 0 Å². The molecule has 25 heavy (non-hydrogen) atoms. The van der Waals surface area contributed by atoms with Gasteiger partial charge < -0.3 is 9.47 Å². The van der Waals surface area contributed by atoms with Gasteiger partial charge in [-0.1, -0.05) is 6.92 Å². The van der Waals surface area contributed by atoms with Crippen LogP contribution in [0.3, 0.4) is 0 Å². The summed E-state index contributed by atoms with van der Waals surface area (Å²) in [5.41, 5.74) is 0.135. The number of aromatic nitrogens is 4. The van der Waals surface area contributed by atoms with Crippen LogP contribution in [0, 0.1) is 0 Å². The summed E-state index contributed by atoms with van der Waals surface area (Å²) < 4.78 is 13.4. The Morgan fingerprint density at radius 2 is 1.92 bits per heavy atom. The second kappa shape index (κ2) is 7.16. The van der Waals surface area contributed by atoms with Crippen molar-refractivity contribution in [1.82, 2.24) is 19.3 Å². The summed E-state index contributed by atoms with van der Waals surface area (Å²) in [6.45, 7) is 2.42. The van der Waals surface area contributed by atoms with Crippen LogP contribution in [0.1, 0.15) is 13.3 Å². The van der Waals surface area contributed by atoms with E-state index in [1.54, 1.807) is 31.3 Å². The summed E-state index contributed by atoms with van der Waals surface area (Å²) in [6.07, 6.45) is 3.66. The van der Waals surface area contributed by atoms with Crippen molar-refractivity contribution in [2.45, 2.75) is 19.9 Å². The molecule has 0 saturated heterocycles. The van der Waals surface area contributed by atoms with Gasteiger partial charge in [-0.05, 0) is 30.7 Å². The molecule has 0 N–H and O–H groups in total. The molecule has 0 fully saturated rings. The van der Waals surface area contributed by atoms with Gasteiger partial charge in [0, 0.05) is 7.05 Å². The first-order chi connectivity index (χ1) is 12.1. The minimum Gasteiger partial charge on any atom is -0.494 e. The lowest BCUT2D eigenvalue weighted by atomic mass is 10.3. The molecule has 0 amide bonds. The highest BCUT2D eigenvalue weighted by Crippen LogP contribution is 2.18. The van der Waals surface area contributed by atoms with Crippen molar-refractivity contribution in [1.29, 1.82) is 0 Å². The molecule has 0 radical (unpaired) electrons. The highest BCUT2D eigenvalue weighted by atomic mass is 16.5. The number of benzene rings is 1. The molecule has 2 heterocycles. The number of fused-ring (bicyclic) bond motifs is 1. The fraction of sp³-hybridized carbons (Fsp3) is 0.294.